The Kier molecular flexibility index (Phi) is 2.93. The molecule has 0 spiro atoms. The first-order valence-electron chi connectivity index (χ1n) is 7.51. The van der Waals surface area contributed by atoms with Crippen molar-refractivity contribution in [3.8, 4) is 11.1 Å². The fraction of sp³-hybridized carbons (Fsp3) is 0.158. The molecule has 0 saturated heterocycles. The number of benzene rings is 2. The zero-order chi connectivity index (χ0) is 15.1. The van der Waals surface area contributed by atoms with E-state index < -0.39 is 0 Å². The molecule has 0 atom stereocenters. The van der Waals surface area contributed by atoms with Crippen molar-refractivity contribution in [3.05, 3.63) is 80.6 Å². The Labute approximate surface area is 128 Å². The van der Waals surface area contributed by atoms with Gasteiger partial charge in [-0.1, -0.05) is 48.5 Å². The second-order valence-electron chi connectivity index (χ2n) is 5.63. The van der Waals surface area contributed by atoms with Crippen LogP contribution in [-0.2, 0) is 6.42 Å². The maximum Gasteiger partial charge on any atom is 0.250 e. The number of fused-ring (bicyclic) bond motifs is 1. The van der Waals surface area contributed by atoms with Crippen LogP contribution in [-0.4, -0.2) is 6.54 Å². The van der Waals surface area contributed by atoms with E-state index in [0.29, 0.717) is 11.3 Å². The number of para-hydroxylation sites is 1. The Balaban J connectivity index is 1.88. The first-order chi connectivity index (χ1) is 10.8. The molecule has 0 bridgehead atoms. The predicted octanol–water partition coefficient (Wildman–Crippen LogP) is 3.03. The molecular weight excluding hydrogens is 274 g/mol. The summed E-state index contributed by atoms with van der Waals surface area (Å²) in [5, 5.41) is 0. The van der Waals surface area contributed by atoms with Crippen LogP contribution in [0.4, 0.5) is 11.4 Å². The summed E-state index contributed by atoms with van der Waals surface area (Å²) in [4.78, 5) is 26.3. The van der Waals surface area contributed by atoms with E-state index >= 15 is 0 Å². The Morgan fingerprint density at radius 3 is 2.36 bits per heavy atom. The van der Waals surface area contributed by atoms with Crippen molar-refractivity contribution in [3.63, 3.8) is 0 Å². The molecule has 3 nitrogen and oxygen atoms in total. The third-order valence-corrected chi connectivity index (χ3v) is 4.33. The summed E-state index contributed by atoms with van der Waals surface area (Å²) in [7, 11) is 0. The van der Waals surface area contributed by atoms with Gasteiger partial charge in [-0.15, -0.1) is 0 Å². The molecule has 3 aromatic rings. The van der Waals surface area contributed by atoms with Gasteiger partial charge in [-0.05, 0) is 30.0 Å². The van der Waals surface area contributed by atoms with E-state index in [9.17, 15) is 9.59 Å². The van der Waals surface area contributed by atoms with Crippen molar-refractivity contribution < 1.29 is 0 Å². The van der Waals surface area contributed by atoms with Gasteiger partial charge in [0.1, 0.15) is 5.69 Å². The van der Waals surface area contributed by atoms with Crippen molar-refractivity contribution in [1.82, 2.24) is 0 Å². The maximum atomic E-state index is 12.2. The molecule has 0 saturated carbocycles. The average molecular weight is 289 g/mol. The fourth-order valence-corrected chi connectivity index (χ4v) is 3.28. The zero-order valence-electron chi connectivity index (χ0n) is 12.1. The van der Waals surface area contributed by atoms with Crippen LogP contribution in [0.3, 0.4) is 0 Å². The minimum absolute atomic E-state index is 0.365. The molecule has 3 aromatic carbocycles. The van der Waals surface area contributed by atoms with Crippen LogP contribution in [0.2, 0.25) is 0 Å². The molecule has 3 heteroatoms. The maximum absolute atomic E-state index is 12.2. The summed E-state index contributed by atoms with van der Waals surface area (Å²) in [6.45, 7) is 0.779. The summed E-state index contributed by atoms with van der Waals surface area (Å²) in [6, 6.07) is 17.6. The Morgan fingerprint density at radius 1 is 0.818 bits per heavy atom. The van der Waals surface area contributed by atoms with Gasteiger partial charge in [-0.3, -0.25) is 9.59 Å². The molecule has 1 aliphatic rings. The molecule has 0 N–H and O–H groups in total. The second kappa shape index (κ2) is 4.95. The van der Waals surface area contributed by atoms with Gasteiger partial charge in [0.25, 0.3) is 5.43 Å². The average Bonchev–Trinajstić information content (AvgIpc) is 2.59. The number of nitrogens with zero attached hydrogens (tertiary/aromatic N) is 1. The lowest BCUT2D eigenvalue weighted by Crippen LogP contribution is -2.41. The van der Waals surface area contributed by atoms with Crippen molar-refractivity contribution in [2.24, 2.45) is 0 Å². The van der Waals surface area contributed by atoms with Gasteiger partial charge in [0, 0.05) is 12.2 Å². The molecule has 4 rings (SSSR count). The number of anilines is 2. The van der Waals surface area contributed by atoms with E-state index in [1.165, 1.54) is 5.56 Å². The number of aryl methyl sites for hydroxylation is 1. The van der Waals surface area contributed by atoms with Crippen LogP contribution in [0, 0.1) is 0 Å². The van der Waals surface area contributed by atoms with Crippen molar-refractivity contribution >= 4 is 11.4 Å². The lowest BCUT2D eigenvalue weighted by molar-refractivity contribution is 0.763. The van der Waals surface area contributed by atoms with Gasteiger partial charge in [-0.25, -0.2) is 0 Å². The van der Waals surface area contributed by atoms with E-state index in [0.717, 1.165) is 30.6 Å². The molecule has 0 aliphatic carbocycles. The summed E-state index contributed by atoms with van der Waals surface area (Å²) in [5.74, 6) is 0. The third-order valence-electron chi connectivity index (χ3n) is 4.33. The van der Waals surface area contributed by atoms with Crippen LogP contribution in [0.5, 0.6) is 0 Å². The van der Waals surface area contributed by atoms with Crippen molar-refractivity contribution in [2.45, 2.75) is 12.8 Å². The normalized spacial score (nSPS) is 14.1. The molecule has 0 unspecified atom stereocenters. The quantitative estimate of drug-likeness (QED) is 0.681. The van der Waals surface area contributed by atoms with Crippen molar-refractivity contribution in [2.75, 3.05) is 11.4 Å². The molecule has 0 fully saturated rings. The molecule has 108 valence electrons. The van der Waals surface area contributed by atoms with E-state index in [4.69, 9.17) is 0 Å². The van der Waals surface area contributed by atoms with E-state index in [1.54, 1.807) is 0 Å². The topological polar surface area (TPSA) is 37.4 Å². The predicted molar refractivity (Wildman–Crippen MR) is 88.6 cm³/mol. The van der Waals surface area contributed by atoms with E-state index in [1.807, 2.05) is 53.4 Å². The molecule has 1 aliphatic heterocycles. The largest absolute Gasteiger partial charge is 0.337 e. The van der Waals surface area contributed by atoms with Gasteiger partial charge in [-0.2, -0.15) is 0 Å². The summed E-state index contributed by atoms with van der Waals surface area (Å²) >= 11 is 0. The first kappa shape index (κ1) is 13.0. The molecular formula is C19H15NO2. The molecule has 22 heavy (non-hydrogen) atoms. The van der Waals surface area contributed by atoms with Gasteiger partial charge in [0.2, 0.25) is 5.43 Å². The fourth-order valence-electron chi connectivity index (χ4n) is 3.28. The van der Waals surface area contributed by atoms with Crippen LogP contribution in [0.1, 0.15) is 12.0 Å². The summed E-state index contributed by atoms with van der Waals surface area (Å²) < 4.78 is 0. The van der Waals surface area contributed by atoms with Gasteiger partial charge < -0.3 is 4.90 Å². The molecule has 0 radical (unpaired) electrons. The Hall–Kier alpha value is -2.68. The molecule has 0 aromatic heterocycles. The highest BCUT2D eigenvalue weighted by atomic mass is 16.2. The first-order valence-corrected chi connectivity index (χ1v) is 7.51. The highest BCUT2D eigenvalue weighted by Crippen LogP contribution is 2.36. The lowest BCUT2D eigenvalue weighted by atomic mass is 9.94. The van der Waals surface area contributed by atoms with E-state index in [-0.39, 0.29) is 10.9 Å². The monoisotopic (exact) mass is 289 g/mol. The van der Waals surface area contributed by atoms with E-state index in [2.05, 4.69) is 6.07 Å². The summed E-state index contributed by atoms with van der Waals surface area (Å²) in [6.07, 6.45) is 2.01. The van der Waals surface area contributed by atoms with Crippen LogP contribution < -0.4 is 15.8 Å². The smallest absolute Gasteiger partial charge is 0.250 e. The highest BCUT2D eigenvalue weighted by molar-refractivity contribution is 5.86. The third kappa shape index (κ3) is 1.82. The molecule has 1 heterocycles. The SMILES string of the molecule is O=c1c(-c2ccccc2)c(N2CCCc3ccccc32)c1=O. The summed E-state index contributed by atoms with van der Waals surface area (Å²) in [5.41, 5.74) is 3.49. The lowest BCUT2D eigenvalue weighted by Gasteiger charge is -2.33. The molecule has 0 amide bonds. The Bertz CT molecular complexity index is 905. The number of rotatable bonds is 2. The minimum atomic E-state index is -0.371. The number of hydrogen-bond donors (Lipinski definition) is 0. The van der Waals surface area contributed by atoms with Crippen LogP contribution in [0.15, 0.2) is 64.2 Å². The van der Waals surface area contributed by atoms with Crippen LogP contribution >= 0.6 is 0 Å². The second-order valence-corrected chi connectivity index (χ2v) is 5.63. The van der Waals surface area contributed by atoms with Gasteiger partial charge >= 0.3 is 0 Å². The van der Waals surface area contributed by atoms with Gasteiger partial charge in [0.05, 0.1) is 5.56 Å². The zero-order valence-corrected chi connectivity index (χ0v) is 12.1. The number of hydrogen-bond acceptors (Lipinski definition) is 3. The van der Waals surface area contributed by atoms with Crippen molar-refractivity contribution in [1.29, 1.82) is 0 Å². The highest BCUT2D eigenvalue weighted by Gasteiger charge is 2.29. The minimum Gasteiger partial charge on any atom is -0.337 e. The standard InChI is InChI=1S/C19H15NO2/c21-18-16(14-8-2-1-3-9-14)17(19(18)22)20-12-6-10-13-7-4-5-11-15(13)20/h1-5,7-9,11H,6,10,12H2. The van der Waals surface area contributed by atoms with Gasteiger partial charge in [0.15, 0.2) is 0 Å². The van der Waals surface area contributed by atoms with Crippen LogP contribution in [0.25, 0.3) is 11.1 Å². The Morgan fingerprint density at radius 2 is 1.55 bits per heavy atom.